The summed E-state index contributed by atoms with van der Waals surface area (Å²) in [5.41, 5.74) is 0.895. The summed E-state index contributed by atoms with van der Waals surface area (Å²) in [7, 11) is 1.59. The topological polar surface area (TPSA) is 47.0 Å². The molecule has 0 bridgehead atoms. The van der Waals surface area contributed by atoms with Crippen molar-refractivity contribution < 1.29 is 4.74 Å². The molecule has 0 radical (unpaired) electrons. The molecule has 0 aromatic carbocycles. The van der Waals surface area contributed by atoms with Gasteiger partial charge >= 0.3 is 0 Å². The lowest BCUT2D eigenvalue weighted by Crippen LogP contribution is -2.18. The van der Waals surface area contributed by atoms with Crippen LogP contribution in [-0.2, 0) is 0 Å². The maximum absolute atomic E-state index is 5.69. The summed E-state index contributed by atoms with van der Waals surface area (Å²) in [6.45, 7) is 3.89. The molecule has 1 atom stereocenters. The van der Waals surface area contributed by atoms with Crippen molar-refractivity contribution in [3.63, 3.8) is 0 Å². The number of methoxy groups -OCH3 is 1. The quantitative estimate of drug-likeness (QED) is 0.779. The number of alkyl halides is 1. The van der Waals surface area contributed by atoms with Crippen LogP contribution < -0.4 is 10.1 Å². The standard InChI is InChI=1S/C9H14ClN3O/c1-6(4-10)13-8-7(2)9(14-3)12-5-11-8/h5-6H,4H2,1-3H3,(H,11,12,13). The highest BCUT2D eigenvalue weighted by molar-refractivity contribution is 6.18. The molecule has 1 aromatic heterocycles. The monoisotopic (exact) mass is 215 g/mol. The largest absolute Gasteiger partial charge is 0.481 e. The lowest BCUT2D eigenvalue weighted by atomic mass is 10.3. The highest BCUT2D eigenvalue weighted by atomic mass is 35.5. The van der Waals surface area contributed by atoms with E-state index in [4.69, 9.17) is 16.3 Å². The molecule has 0 saturated heterocycles. The number of hydrogen-bond acceptors (Lipinski definition) is 4. The van der Waals surface area contributed by atoms with Gasteiger partial charge in [0.1, 0.15) is 12.1 Å². The number of nitrogens with one attached hydrogen (secondary N) is 1. The van der Waals surface area contributed by atoms with Crippen molar-refractivity contribution in [2.24, 2.45) is 0 Å². The smallest absolute Gasteiger partial charge is 0.221 e. The summed E-state index contributed by atoms with van der Waals surface area (Å²) in [6, 6.07) is 0.176. The van der Waals surface area contributed by atoms with Gasteiger partial charge in [0.25, 0.3) is 0 Å². The van der Waals surface area contributed by atoms with E-state index in [9.17, 15) is 0 Å². The highest BCUT2D eigenvalue weighted by Crippen LogP contribution is 2.20. The second kappa shape index (κ2) is 5.00. The van der Waals surface area contributed by atoms with Crippen molar-refractivity contribution in [1.82, 2.24) is 9.97 Å². The Morgan fingerprint density at radius 2 is 2.29 bits per heavy atom. The summed E-state index contributed by atoms with van der Waals surface area (Å²) in [4.78, 5) is 8.10. The van der Waals surface area contributed by atoms with E-state index in [0.717, 1.165) is 11.4 Å². The number of anilines is 1. The summed E-state index contributed by atoms with van der Waals surface area (Å²) < 4.78 is 5.08. The van der Waals surface area contributed by atoms with Crippen LogP contribution in [0.25, 0.3) is 0 Å². The molecule has 1 rings (SSSR count). The van der Waals surface area contributed by atoms with E-state index in [1.807, 2.05) is 13.8 Å². The second-order valence-electron chi connectivity index (χ2n) is 3.06. The Balaban J connectivity index is 2.86. The molecular weight excluding hydrogens is 202 g/mol. The minimum absolute atomic E-state index is 0.176. The number of nitrogens with zero attached hydrogens (tertiary/aromatic N) is 2. The average molecular weight is 216 g/mol. The van der Waals surface area contributed by atoms with Gasteiger partial charge in [-0.3, -0.25) is 0 Å². The van der Waals surface area contributed by atoms with Crippen LogP contribution in [0, 0.1) is 6.92 Å². The molecule has 14 heavy (non-hydrogen) atoms. The second-order valence-corrected chi connectivity index (χ2v) is 3.36. The number of hydrogen-bond donors (Lipinski definition) is 1. The Morgan fingerprint density at radius 3 is 2.86 bits per heavy atom. The summed E-state index contributed by atoms with van der Waals surface area (Å²) in [5.74, 6) is 1.89. The number of ether oxygens (including phenoxy) is 1. The Bertz CT molecular complexity index is 306. The lowest BCUT2D eigenvalue weighted by Gasteiger charge is -2.14. The molecule has 78 valence electrons. The SMILES string of the molecule is COc1ncnc(NC(C)CCl)c1C. The Labute approximate surface area is 88.7 Å². The molecule has 0 aliphatic carbocycles. The van der Waals surface area contributed by atoms with E-state index < -0.39 is 0 Å². The highest BCUT2D eigenvalue weighted by Gasteiger charge is 2.08. The lowest BCUT2D eigenvalue weighted by molar-refractivity contribution is 0.393. The zero-order chi connectivity index (χ0) is 10.6. The van der Waals surface area contributed by atoms with Gasteiger partial charge in [0, 0.05) is 11.9 Å². The zero-order valence-corrected chi connectivity index (χ0v) is 9.30. The fraction of sp³-hybridized carbons (Fsp3) is 0.556. The van der Waals surface area contributed by atoms with Crippen LogP contribution in [0.4, 0.5) is 5.82 Å². The van der Waals surface area contributed by atoms with Gasteiger partial charge in [-0.05, 0) is 13.8 Å². The minimum atomic E-state index is 0.176. The van der Waals surface area contributed by atoms with Gasteiger partial charge in [0.15, 0.2) is 0 Å². The number of aromatic nitrogens is 2. The van der Waals surface area contributed by atoms with Crippen LogP contribution in [0.2, 0.25) is 0 Å². The maximum Gasteiger partial charge on any atom is 0.221 e. The first-order chi connectivity index (χ1) is 6.69. The van der Waals surface area contributed by atoms with Crippen molar-refractivity contribution in [3.8, 4) is 5.88 Å². The third kappa shape index (κ3) is 2.48. The minimum Gasteiger partial charge on any atom is -0.481 e. The molecule has 0 aliphatic rings. The van der Waals surface area contributed by atoms with E-state index in [-0.39, 0.29) is 6.04 Å². The van der Waals surface area contributed by atoms with Gasteiger partial charge in [-0.15, -0.1) is 11.6 Å². The van der Waals surface area contributed by atoms with Crippen molar-refractivity contribution in [2.45, 2.75) is 19.9 Å². The molecule has 1 unspecified atom stereocenters. The normalized spacial score (nSPS) is 12.3. The Hall–Kier alpha value is -1.03. The predicted molar refractivity (Wildman–Crippen MR) is 57.1 cm³/mol. The third-order valence-corrected chi connectivity index (χ3v) is 2.31. The molecule has 1 N–H and O–H groups in total. The van der Waals surface area contributed by atoms with E-state index >= 15 is 0 Å². The van der Waals surface area contributed by atoms with Gasteiger partial charge in [-0.2, -0.15) is 0 Å². The van der Waals surface area contributed by atoms with Crippen molar-refractivity contribution in [1.29, 1.82) is 0 Å². The van der Waals surface area contributed by atoms with Crippen LogP contribution in [0.1, 0.15) is 12.5 Å². The number of rotatable bonds is 4. The van der Waals surface area contributed by atoms with Crippen LogP contribution in [0.5, 0.6) is 5.88 Å². The van der Waals surface area contributed by atoms with Gasteiger partial charge in [0.2, 0.25) is 5.88 Å². The van der Waals surface area contributed by atoms with Crippen molar-refractivity contribution in [3.05, 3.63) is 11.9 Å². The molecule has 0 saturated carbocycles. The third-order valence-electron chi connectivity index (χ3n) is 1.85. The average Bonchev–Trinajstić information content (AvgIpc) is 2.21. The Kier molecular flexibility index (Phi) is 3.95. The molecule has 1 aromatic rings. The summed E-state index contributed by atoms with van der Waals surface area (Å²) in [6.07, 6.45) is 1.47. The van der Waals surface area contributed by atoms with Gasteiger partial charge in [-0.25, -0.2) is 9.97 Å². The first kappa shape index (κ1) is 11.0. The summed E-state index contributed by atoms with van der Waals surface area (Å²) in [5, 5.41) is 3.17. The van der Waals surface area contributed by atoms with Crippen LogP contribution >= 0.6 is 11.6 Å². The van der Waals surface area contributed by atoms with Crippen molar-refractivity contribution in [2.75, 3.05) is 18.3 Å². The number of halogens is 1. The predicted octanol–water partition coefficient (Wildman–Crippen LogP) is 1.83. The van der Waals surface area contributed by atoms with Gasteiger partial charge < -0.3 is 10.1 Å². The molecule has 0 fully saturated rings. The fourth-order valence-electron chi connectivity index (χ4n) is 1.06. The van der Waals surface area contributed by atoms with Crippen LogP contribution in [0.15, 0.2) is 6.33 Å². The summed E-state index contributed by atoms with van der Waals surface area (Å²) >= 11 is 5.69. The molecule has 5 heteroatoms. The molecular formula is C9H14ClN3O. The maximum atomic E-state index is 5.69. The molecule has 1 heterocycles. The molecule has 0 spiro atoms. The first-order valence-corrected chi connectivity index (χ1v) is 4.90. The molecule has 4 nitrogen and oxygen atoms in total. The molecule has 0 aliphatic heterocycles. The van der Waals surface area contributed by atoms with Crippen LogP contribution in [0.3, 0.4) is 0 Å². The van der Waals surface area contributed by atoms with Gasteiger partial charge in [-0.1, -0.05) is 0 Å². The molecule has 0 amide bonds. The van der Waals surface area contributed by atoms with E-state index in [2.05, 4.69) is 15.3 Å². The fourth-order valence-corrected chi connectivity index (χ4v) is 1.13. The van der Waals surface area contributed by atoms with E-state index in [1.54, 1.807) is 7.11 Å². The van der Waals surface area contributed by atoms with Gasteiger partial charge in [0.05, 0.1) is 12.7 Å². The first-order valence-electron chi connectivity index (χ1n) is 4.37. The Morgan fingerprint density at radius 1 is 1.57 bits per heavy atom. The van der Waals surface area contributed by atoms with Crippen LogP contribution in [-0.4, -0.2) is 29.0 Å². The van der Waals surface area contributed by atoms with E-state index in [0.29, 0.717) is 11.8 Å². The van der Waals surface area contributed by atoms with Crippen molar-refractivity contribution >= 4 is 17.4 Å². The van der Waals surface area contributed by atoms with E-state index in [1.165, 1.54) is 6.33 Å². The zero-order valence-electron chi connectivity index (χ0n) is 8.54.